The number of hydrogen-bond acceptors (Lipinski definition) is 3. The summed E-state index contributed by atoms with van der Waals surface area (Å²) in [6, 6.07) is 12.1. The third-order valence-corrected chi connectivity index (χ3v) is 5.28. The number of hydrogen-bond donors (Lipinski definition) is 1. The molecular weight excluding hydrogens is 311 g/mol. The van der Waals surface area contributed by atoms with E-state index in [-0.39, 0.29) is 17.1 Å². The summed E-state index contributed by atoms with van der Waals surface area (Å²) in [6.45, 7) is 0.582. The van der Waals surface area contributed by atoms with Crippen molar-refractivity contribution in [3.8, 4) is 0 Å². The standard InChI is InChI=1S/C18H15FN2OS/c19-14-4-2-13(3-5-14)18(7-8-18)10-20-17(22)12-1-6-15-16(9-12)23-11-21-15/h1-6,9,11H,7-8,10H2,(H,20,22). The van der Waals surface area contributed by atoms with Crippen LogP contribution in [0, 0.1) is 5.82 Å². The monoisotopic (exact) mass is 326 g/mol. The van der Waals surface area contributed by atoms with Crippen molar-refractivity contribution in [2.24, 2.45) is 0 Å². The molecule has 1 aromatic heterocycles. The minimum absolute atomic E-state index is 0.0298. The SMILES string of the molecule is O=C(NCC1(c2ccc(F)cc2)CC1)c1ccc2ncsc2c1. The Morgan fingerprint density at radius 3 is 2.74 bits per heavy atom. The minimum atomic E-state index is -0.230. The second-order valence-corrected chi connectivity index (χ2v) is 6.89. The van der Waals surface area contributed by atoms with Crippen molar-refractivity contribution in [1.29, 1.82) is 0 Å². The van der Waals surface area contributed by atoms with Crippen molar-refractivity contribution in [2.75, 3.05) is 6.54 Å². The number of fused-ring (bicyclic) bond motifs is 1. The van der Waals surface area contributed by atoms with E-state index in [1.807, 2.05) is 24.3 Å². The molecule has 1 aliphatic carbocycles. The third kappa shape index (κ3) is 2.72. The highest BCUT2D eigenvalue weighted by molar-refractivity contribution is 7.16. The van der Waals surface area contributed by atoms with Crippen LogP contribution in [0.4, 0.5) is 4.39 Å². The van der Waals surface area contributed by atoms with E-state index in [0.29, 0.717) is 12.1 Å². The van der Waals surface area contributed by atoms with Crippen LogP contribution in [0.2, 0.25) is 0 Å². The number of amides is 1. The van der Waals surface area contributed by atoms with Gasteiger partial charge in [0, 0.05) is 17.5 Å². The van der Waals surface area contributed by atoms with Gasteiger partial charge >= 0.3 is 0 Å². The van der Waals surface area contributed by atoms with Gasteiger partial charge in [0.1, 0.15) is 5.82 Å². The van der Waals surface area contributed by atoms with Crippen molar-refractivity contribution < 1.29 is 9.18 Å². The number of aromatic nitrogens is 1. The summed E-state index contributed by atoms with van der Waals surface area (Å²) in [4.78, 5) is 16.6. The molecule has 2 aromatic carbocycles. The summed E-state index contributed by atoms with van der Waals surface area (Å²) in [5.41, 5.74) is 4.41. The van der Waals surface area contributed by atoms with Gasteiger partial charge in [0.2, 0.25) is 0 Å². The van der Waals surface area contributed by atoms with Gasteiger partial charge in [0.05, 0.1) is 15.7 Å². The molecule has 0 aliphatic heterocycles. The topological polar surface area (TPSA) is 42.0 Å². The van der Waals surface area contributed by atoms with Gasteiger partial charge in [-0.25, -0.2) is 9.37 Å². The van der Waals surface area contributed by atoms with E-state index in [1.165, 1.54) is 23.5 Å². The molecule has 1 amide bonds. The molecule has 3 nitrogen and oxygen atoms in total. The second-order valence-electron chi connectivity index (χ2n) is 6.00. The molecule has 4 rings (SSSR count). The molecule has 116 valence electrons. The van der Waals surface area contributed by atoms with Gasteiger partial charge in [0.15, 0.2) is 0 Å². The van der Waals surface area contributed by atoms with Gasteiger partial charge in [-0.05, 0) is 48.7 Å². The average Bonchev–Trinajstić information content (AvgIpc) is 3.21. The summed E-state index contributed by atoms with van der Waals surface area (Å²) in [5, 5.41) is 3.02. The smallest absolute Gasteiger partial charge is 0.251 e. The Hall–Kier alpha value is -2.27. The fraction of sp³-hybridized carbons (Fsp3) is 0.222. The molecule has 0 atom stereocenters. The number of rotatable bonds is 4. The fourth-order valence-corrected chi connectivity index (χ4v) is 3.59. The van der Waals surface area contributed by atoms with Crippen molar-refractivity contribution in [1.82, 2.24) is 10.3 Å². The average molecular weight is 326 g/mol. The van der Waals surface area contributed by atoms with Gasteiger partial charge in [0.25, 0.3) is 5.91 Å². The van der Waals surface area contributed by atoms with Crippen LogP contribution in [0.1, 0.15) is 28.8 Å². The van der Waals surface area contributed by atoms with Crippen LogP contribution in [0.5, 0.6) is 0 Å². The summed E-state index contributed by atoms with van der Waals surface area (Å²) in [7, 11) is 0. The lowest BCUT2D eigenvalue weighted by atomic mass is 9.96. The minimum Gasteiger partial charge on any atom is -0.351 e. The molecule has 0 spiro atoms. The van der Waals surface area contributed by atoms with E-state index >= 15 is 0 Å². The van der Waals surface area contributed by atoms with E-state index in [9.17, 15) is 9.18 Å². The number of carbonyl (C=O) groups excluding carboxylic acids is 1. The van der Waals surface area contributed by atoms with Crippen LogP contribution in [-0.4, -0.2) is 17.4 Å². The van der Waals surface area contributed by atoms with E-state index < -0.39 is 0 Å². The van der Waals surface area contributed by atoms with Gasteiger partial charge < -0.3 is 5.32 Å². The zero-order valence-corrected chi connectivity index (χ0v) is 13.2. The Kier molecular flexibility index (Phi) is 3.38. The lowest BCUT2D eigenvalue weighted by Gasteiger charge is -2.16. The molecule has 1 aliphatic rings. The highest BCUT2D eigenvalue weighted by atomic mass is 32.1. The fourth-order valence-electron chi connectivity index (χ4n) is 2.87. The summed E-state index contributed by atoms with van der Waals surface area (Å²) in [5.74, 6) is -0.305. The lowest BCUT2D eigenvalue weighted by Crippen LogP contribution is -2.32. The highest BCUT2D eigenvalue weighted by Crippen LogP contribution is 2.47. The Morgan fingerprint density at radius 2 is 2.00 bits per heavy atom. The maximum Gasteiger partial charge on any atom is 0.251 e. The number of halogens is 1. The first-order valence-electron chi connectivity index (χ1n) is 7.54. The highest BCUT2D eigenvalue weighted by Gasteiger charge is 2.44. The quantitative estimate of drug-likeness (QED) is 0.790. The van der Waals surface area contributed by atoms with Gasteiger partial charge in [-0.3, -0.25) is 4.79 Å². The first-order valence-corrected chi connectivity index (χ1v) is 8.42. The zero-order valence-electron chi connectivity index (χ0n) is 12.4. The van der Waals surface area contributed by atoms with Crippen molar-refractivity contribution in [3.05, 3.63) is 64.9 Å². The number of benzene rings is 2. The number of nitrogens with zero attached hydrogens (tertiary/aromatic N) is 1. The number of carbonyl (C=O) groups is 1. The van der Waals surface area contributed by atoms with Gasteiger partial charge in [-0.1, -0.05) is 12.1 Å². The first-order chi connectivity index (χ1) is 11.2. The van der Waals surface area contributed by atoms with E-state index in [4.69, 9.17) is 0 Å². The molecular formula is C18H15FN2OS. The predicted molar refractivity (Wildman–Crippen MR) is 89.3 cm³/mol. The zero-order chi connectivity index (χ0) is 15.9. The van der Waals surface area contributed by atoms with E-state index in [0.717, 1.165) is 28.6 Å². The normalized spacial score (nSPS) is 15.5. The predicted octanol–water partition coefficient (Wildman–Crippen LogP) is 3.90. The molecule has 0 unspecified atom stereocenters. The Morgan fingerprint density at radius 1 is 1.22 bits per heavy atom. The van der Waals surface area contributed by atoms with Crippen LogP contribution < -0.4 is 5.32 Å². The molecule has 0 saturated heterocycles. The number of nitrogens with one attached hydrogen (secondary N) is 1. The molecule has 1 N–H and O–H groups in total. The molecule has 3 aromatic rings. The molecule has 5 heteroatoms. The maximum atomic E-state index is 13.1. The summed E-state index contributed by atoms with van der Waals surface area (Å²) < 4.78 is 14.1. The van der Waals surface area contributed by atoms with Crippen LogP contribution >= 0.6 is 11.3 Å². The summed E-state index contributed by atoms with van der Waals surface area (Å²) in [6.07, 6.45) is 2.04. The summed E-state index contributed by atoms with van der Waals surface area (Å²) >= 11 is 1.53. The molecule has 1 fully saturated rings. The van der Waals surface area contributed by atoms with Gasteiger partial charge in [-0.15, -0.1) is 11.3 Å². The van der Waals surface area contributed by atoms with E-state index in [1.54, 1.807) is 11.6 Å². The van der Waals surface area contributed by atoms with Crippen LogP contribution in [-0.2, 0) is 5.41 Å². The maximum absolute atomic E-state index is 13.1. The molecule has 0 radical (unpaired) electrons. The third-order valence-electron chi connectivity index (χ3n) is 4.49. The Balaban J connectivity index is 1.47. The Labute approximate surface area is 137 Å². The Bertz CT molecular complexity index is 868. The van der Waals surface area contributed by atoms with Crippen LogP contribution in [0.15, 0.2) is 48.0 Å². The van der Waals surface area contributed by atoms with Gasteiger partial charge in [-0.2, -0.15) is 0 Å². The molecule has 1 heterocycles. The van der Waals surface area contributed by atoms with Crippen LogP contribution in [0.25, 0.3) is 10.2 Å². The molecule has 1 saturated carbocycles. The first kappa shape index (κ1) is 14.3. The molecule has 23 heavy (non-hydrogen) atoms. The van der Waals surface area contributed by atoms with Crippen molar-refractivity contribution in [3.63, 3.8) is 0 Å². The molecule has 0 bridgehead atoms. The second kappa shape index (κ2) is 5.42. The van der Waals surface area contributed by atoms with Crippen molar-refractivity contribution in [2.45, 2.75) is 18.3 Å². The van der Waals surface area contributed by atoms with Crippen LogP contribution in [0.3, 0.4) is 0 Å². The largest absolute Gasteiger partial charge is 0.351 e. The van der Waals surface area contributed by atoms with Crippen molar-refractivity contribution >= 4 is 27.5 Å². The van der Waals surface area contributed by atoms with E-state index in [2.05, 4.69) is 10.3 Å². The lowest BCUT2D eigenvalue weighted by molar-refractivity contribution is 0.0950. The number of thiazole rings is 1.